The van der Waals surface area contributed by atoms with Gasteiger partial charge in [-0.1, -0.05) is 48.5 Å². The van der Waals surface area contributed by atoms with Gasteiger partial charge in [0.15, 0.2) is 0 Å². The monoisotopic (exact) mass is 522 g/mol. The summed E-state index contributed by atoms with van der Waals surface area (Å²) in [6.07, 6.45) is 7.03. The number of rotatable bonds is 4. The summed E-state index contributed by atoms with van der Waals surface area (Å²) in [6, 6.07) is 1.50. The molecule has 3 rings (SSSR count). The molecule has 222 valence electrons. The second-order valence-corrected chi connectivity index (χ2v) is 15.9. The van der Waals surface area contributed by atoms with Crippen molar-refractivity contribution in [2.45, 2.75) is 147 Å². The van der Waals surface area contributed by atoms with Crippen LogP contribution >= 0.6 is 0 Å². The molecule has 3 aliphatic rings. The zero-order valence-electron chi connectivity index (χ0n) is 28.2. The van der Waals surface area contributed by atoms with E-state index in [1.54, 1.807) is 0 Å². The van der Waals surface area contributed by atoms with E-state index in [0.717, 1.165) is 41.7 Å². The third-order valence-electron chi connectivity index (χ3n) is 9.86. The zero-order valence-corrected chi connectivity index (χ0v) is 28.2. The van der Waals surface area contributed by atoms with Crippen LogP contribution in [0.1, 0.15) is 129 Å². The Morgan fingerprint density at radius 1 is 0.514 bits per heavy atom. The Morgan fingerprint density at radius 3 is 1.05 bits per heavy atom. The molecule has 3 aliphatic heterocycles. The minimum Gasteiger partial charge on any atom is -0.301 e. The minimum atomic E-state index is 0.361. The van der Waals surface area contributed by atoms with Crippen molar-refractivity contribution in [3.63, 3.8) is 0 Å². The predicted molar refractivity (Wildman–Crippen MR) is 167 cm³/mol. The van der Waals surface area contributed by atoms with Gasteiger partial charge < -0.3 is 9.80 Å². The topological polar surface area (TPSA) is 9.72 Å². The molecule has 0 radical (unpaired) electrons. The quantitative estimate of drug-likeness (QED) is 0.366. The second-order valence-electron chi connectivity index (χ2n) is 15.9. The van der Waals surface area contributed by atoms with Crippen molar-refractivity contribution in [3.8, 4) is 0 Å². The Morgan fingerprint density at radius 2 is 0.865 bits per heavy atom. The molecule has 0 aromatic heterocycles. The normalized spacial score (nSPS) is 24.0. The van der Waals surface area contributed by atoms with Gasteiger partial charge in [-0.25, -0.2) is 0 Å². The van der Waals surface area contributed by atoms with Crippen molar-refractivity contribution >= 4 is 0 Å². The molecule has 0 N–H and O–H groups in total. The van der Waals surface area contributed by atoms with E-state index in [1.165, 1.54) is 71.4 Å². The SMILES string of the molecule is CC(C)(C)C1CCN(C(C)(C)C)C1.CC(C)C1CCN(C(C)C)CC1.CC(C)C1CCN(C(C)C)CC1. The van der Waals surface area contributed by atoms with E-state index >= 15 is 0 Å². The lowest BCUT2D eigenvalue weighted by molar-refractivity contribution is 0.129. The highest BCUT2D eigenvalue weighted by molar-refractivity contribution is 4.89. The van der Waals surface area contributed by atoms with Crippen molar-refractivity contribution in [2.24, 2.45) is 35.0 Å². The largest absolute Gasteiger partial charge is 0.301 e. The molecule has 3 heteroatoms. The number of hydrogen-bond donors (Lipinski definition) is 0. The van der Waals surface area contributed by atoms with Crippen molar-refractivity contribution in [1.29, 1.82) is 0 Å². The number of likely N-dealkylation sites (tertiary alicyclic amines) is 3. The summed E-state index contributed by atoms with van der Waals surface area (Å²) in [6.45, 7) is 40.5. The second kappa shape index (κ2) is 15.6. The number of nitrogens with zero attached hydrogens (tertiary/aromatic N) is 3. The fourth-order valence-electron chi connectivity index (χ4n) is 6.28. The molecule has 1 atom stereocenters. The van der Waals surface area contributed by atoms with Gasteiger partial charge in [0.05, 0.1) is 0 Å². The van der Waals surface area contributed by atoms with Crippen LogP contribution in [0.5, 0.6) is 0 Å². The summed E-state index contributed by atoms with van der Waals surface area (Å²) in [7, 11) is 0. The predicted octanol–water partition coefficient (Wildman–Crippen LogP) is 8.68. The van der Waals surface area contributed by atoms with Crippen molar-refractivity contribution in [1.82, 2.24) is 14.7 Å². The molecule has 0 aliphatic carbocycles. The zero-order chi connectivity index (χ0) is 28.6. The maximum Gasteiger partial charge on any atom is 0.0125 e. The number of hydrogen-bond acceptors (Lipinski definition) is 3. The molecule has 0 spiro atoms. The fourth-order valence-corrected chi connectivity index (χ4v) is 6.28. The van der Waals surface area contributed by atoms with Crippen molar-refractivity contribution < 1.29 is 0 Å². The van der Waals surface area contributed by atoms with Crippen molar-refractivity contribution in [3.05, 3.63) is 0 Å². The average Bonchev–Trinajstić information content (AvgIpc) is 3.32. The van der Waals surface area contributed by atoms with Gasteiger partial charge in [0.25, 0.3) is 0 Å². The summed E-state index contributed by atoms with van der Waals surface area (Å²) in [4.78, 5) is 7.81. The molecule has 0 saturated carbocycles. The Bertz CT molecular complexity index is 495. The van der Waals surface area contributed by atoms with Gasteiger partial charge in [0, 0.05) is 24.2 Å². The fraction of sp³-hybridized carbons (Fsp3) is 1.00. The first-order valence-corrected chi connectivity index (χ1v) is 16.2. The van der Waals surface area contributed by atoms with Gasteiger partial charge in [-0.05, 0) is 148 Å². The standard InChI is InChI=1S/C12H25N.2C11H23N/c1-11(2,3)10-7-8-13(9-10)12(4,5)6;2*1-9(2)11-5-7-12(8-6-11)10(3)4/h10H,7-9H2,1-6H3;2*9-11H,5-8H2,1-4H3. The Labute approximate surface area is 235 Å². The van der Waals surface area contributed by atoms with Gasteiger partial charge in [-0.15, -0.1) is 0 Å². The van der Waals surface area contributed by atoms with E-state index in [2.05, 4.69) is 112 Å². The maximum absolute atomic E-state index is 2.61. The van der Waals surface area contributed by atoms with Gasteiger partial charge in [-0.3, -0.25) is 4.90 Å². The third kappa shape index (κ3) is 12.7. The van der Waals surface area contributed by atoms with E-state index < -0.39 is 0 Å². The molecular formula is C34H71N3. The van der Waals surface area contributed by atoms with E-state index in [0.29, 0.717) is 11.0 Å². The smallest absolute Gasteiger partial charge is 0.0125 e. The van der Waals surface area contributed by atoms with Crippen LogP contribution in [-0.4, -0.2) is 71.6 Å². The van der Waals surface area contributed by atoms with Crippen LogP contribution in [0.3, 0.4) is 0 Å². The molecule has 37 heavy (non-hydrogen) atoms. The molecule has 3 saturated heterocycles. The third-order valence-corrected chi connectivity index (χ3v) is 9.86. The molecular weight excluding hydrogens is 450 g/mol. The molecule has 0 aromatic rings. The average molecular weight is 522 g/mol. The summed E-state index contributed by atoms with van der Waals surface area (Å²) in [5.74, 6) is 4.63. The summed E-state index contributed by atoms with van der Waals surface area (Å²) in [5, 5.41) is 0. The molecule has 1 unspecified atom stereocenters. The van der Waals surface area contributed by atoms with Crippen LogP contribution in [0.4, 0.5) is 0 Å². The number of piperidine rings is 2. The van der Waals surface area contributed by atoms with E-state index in [-0.39, 0.29) is 0 Å². The van der Waals surface area contributed by atoms with Crippen molar-refractivity contribution in [2.75, 3.05) is 39.3 Å². The minimum absolute atomic E-state index is 0.361. The Hall–Kier alpha value is -0.120. The lowest BCUT2D eigenvalue weighted by atomic mass is 9.80. The summed E-state index contributed by atoms with van der Waals surface area (Å²) < 4.78 is 0. The molecule has 3 nitrogen and oxygen atoms in total. The van der Waals surface area contributed by atoms with Crippen LogP contribution in [0.15, 0.2) is 0 Å². The van der Waals surface area contributed by atoms with E-state index in [9.17, 15) is 0 Å². The van der Waals surface area contributed by atoms with Gasteiger partial charge in [0.1, 0.15) is 0 Å². The Balaban J connectivity index is 0.000000278. The first-order chi connectivity index (χ1) is 16.9. The highest BCUT2D eigenvalue weighted by Gasteiger charge is 2.35. The van der Waals surface area contributed by atoms with Crippen LogP contribution in [0.2, 0.25) is 0 Å². The van der Waals surface area contributed by atoms with E-state index in [4.69, 9.17) is 0 Å². The highest BCUT2D eigenvalue weighted by Crippen LogP contribution is 2.36. The molecule has 3 fully saturated rings. The first-order valence-electron chi connectivity index (χ1n) is 16.2. The van der Waals surface area contributed by atoms with Crippen LogP contribution < -0.4 is 0 Å². The maximum atomic E-state index is 2.61. The van der Waals surface area contributed by atoms with Crippen LogP contribution in [0.25, 0.3) is 0 Å². The van der Waals surface area contributed by atoms with Crippen LogP contribution in [0, 0.1) is 35.0 Å². The lowest BCUT2D eigenvalue weighted by Gasteiger charge is -2.36. The summed E-state index contributed by atoms with van der Waals surface area (Å²) in [5.41, 5.74) is 0.847. The van der Waals surface area contributed by atoms with Gasteiger partial charge >= 0.3 is 0 Å². The molecule has 0 aromatic carbocycles. The van der Waals surface area contributed by atoms with Gasteiger partial charge in [0.2, 0.25) is 0 Å². The molecule has 0 bridgehead atoms. The van der Waals surface area contributed by atoms with Gasteiger partial charge in [-0.2, -0.15) is 0 Å². The highest BCUT2D eigenvalue weighted by atomic mass is 15.2. The summed E-state index contributed by atoms with van der Waals surface area (Å²) >= 11 is 0. The molecule has 3 heterocycles. The van der Waals surface area contributed by atoms with Crippen LogP contribution in [-0.2, 0) is 0 Å². The lowest BCUT2D eigenvalue weighted by Crippen LogP contribution is -2.40. The van der Waals surface area contributed by atoms with E-state index in [1.807, 2.05) is 0 Å². The molecule has 0 amide bonds. The Kier molecular flexibility index (Phi) is 14.7. The first kappa shape index (κ1) is 34.9.